The van der Waals surface area contributed by atoms with Crippen molar-refractivity contribution in [3.63, 3.8) is 0 Å². The van der Waals surface area contributed by atoms with Crippen LogP contribution in [0.25, 0.3) is 0 Å². The van der Waals surface area contributed by atoms with Gasteiger partial charge >= 0.3 is 5.97 Å². The third kappa shape index (κ3) is 1.87. The Bertz CT molecular complexity index is 194. The number of aliphatic carboxylic acids is 1. The molecule has 0 saturated heterocycles. The van der Waals surface area contributed by atoms with Crippen LogP contribution in [0.1, 0.15) is 26.7 Å². The van der Waals surface area contributed by atoms with Gasteiger partial charge in [-0.1, -0.05) is 26.0 Å². The molecular weight excluding hydrogens is 152 g/mol. The van der Waals surface area contributed by atoms with E-state index in [1.807, 2.05) is 6.08 Å². The van der Waals surface area contributed by atoms with Crippen LogP contribution in [0.4, 0.5) is 0 Å². The summed E-state index contributed by atoms with van der Waals surface area (Å²) in [6.45, 7) is 4.19. The van der Waals surface area contributed by atoms with E-state index in [-0.39, 0.29) is 5.92 Å². The van der Waals surface area contributed by atoms with Crippen molar-refractivity contribution in [1.29, 1.82) is 0 Å². The molecule has 1 N–H and O–H groups in total. The molecule has 2 unspecified atom stereocenters. The average Bonchev–Trinajstić information content (AvgIpc) is 2.04. The van der Waals surface area contributed by atoms with Crippen LogP contribution in [0.3, 0.4) is 0 Å². The predicted molar refractivity (Wildman–Crippen MR) is 47.8 cm³/mol. The predicted octanol–water partition coefficient (Wildman–Crippen LogP) is 2.31. The van der Waals surface area contributed by atoms with Crippen molar-refractivity contribution in [1.82, 2.24) is 0 Å². The highest BCUT2D eigenvalue weighted by Crippen LogP contribution is 2.31. The third-order valence-electron chi connectivity index (χ3n) is 2.66. The molecule has 2 nitrogen and oxygen atoms in total. The fourth-order valence-corrected chi connectivity index (χ4v) is 1.86. The van der Waals surface area contributed by atoms with Crippen LogP contribution in [0.2, 0.25) is 0 Å². The normalized spacial score (nSPS) is 29.2. The highest BCUT2D eigenvalue weighted by molar-refractivity contribution is 5.70. The molecule has 0 aromatic heterocycles. The molecule has 12 heavy (non-hydrogen) atoms. The monoisotopic (exact) mass is 168 g/mol. The van der Waals surface area contributed by atoms with Gasteiger partial charge in [-0.05, 0) is 24.7 Å². The maximum Gasteiger partial charge on any atom is 0.307 e. The molecule has 0 saturated carbocycles. The van der Waals surface area contributed by atoms with E-state index in [0.29, 0.717) is 18.3 Å². The van der Waals surface area contributed by atoms with Gasteiger partial charge in [0.25, 0.3) is 0 Å². The van der Waals surface area contributed by atoms with Crippen LogP contribution >= 0.6 is 0 Å². The second-order valence-electron chi connectivity index (χ2n) is 3.80. The summed E-state index contributed by atoms with van der Waals surface area (Å²) in [4.78, 5) is 10.8. The lowest BCUT2D eigenvalue weighted by Crippen LogP contribution is -2.28. The first-order valence-corrected chi connectivity index (χ1v) is 4.50. The van der Waals surface area contributed by atoms with Crippen LogP contribution in [0.5, 0.6) is 0 Å². The lowest BCUT2D eigenvalue weighted by atomic mass is 9.76. The van der Waals surface area contributed by atoms with Gasteiger partial charge in [-0.25, -0.2) is 0 Å². The molecule has 2 atom stereocenters. The Morgan fingerprint density at radius 2 is 2.00 bits per heavy atom. The van der Waals surface area contributed by atoms with Gasteiger partial charge < -0.3 is 5.11 Å². The Labute approximate surface area is 73.3 Å². The third-order valence-corrected chi connectivity index (χ3v) is 2.66. The quantitative estimate of drug-likeness (QED) is 0.642. The number of carbonyl (C=O) groups is 1. The van der Waals surface area contributed by atoms with Crippen LogP contribution in [-0.2, 0) is 4.79 Å². The molecule has 1 aliphatic rings. The van der Waals surface area contributed by atoms with Crippen LogP contribution < -0.4 is 0 Å². The summed E-state index contributed by atoms with van der Waals surface area (Å²) in [6, 6.07) is 0. The smallest absolute Gasteiger partial charge is 0.307 e. The second-order valence-corrected chi connectivity index (χ2v) is 3.80. The molecule has 0 spiro atoms. The van der Waals surface area contributed by atoms with Crippen LogP contribution in [0, 0.1) is 17.8 Å². The summed E-state index contributed by atoms with van der Waals surface area (Å²) in [5, 5.41) is 8.92. The first kappa shape index (κ1) is 9.30. The standard InChI is InChI=1S/C10H16O2/c1-7(2)8-5-3-4-6-9(8)10(11)12/h3-4,7-9H,5-6H2,1-2H3,(H,11,12). The maximum atomic E-state index is 10.8. The Morgan fingerprint density at radius 3 is 2.42 bits per heavy atom. The summed E-state index contributed by atoms with van der Waals surface area (Å²) >= 11 is 0. The van der Waals surface area contributed by atoms with E-state index < -0.39 is 5.97 Å². The molecule has 0 aromatic rings. The number of carboxylic acid groups (broad SMARTS) is 1. The zero-order valence-electron chi connectivity index (χ0n) is 7.66. The molecular formula is C10H16O2. The Morgan fingerprint density at radius 1 is 1.42 bits per heavy atom. The summed E-state index contributed by atoms with van der Waals surface area (Å²) in [6.07, 6.45) is 5.72. The van der Waals surface area contributed by atoms with E-state index in [2.05, 4.69) is 19.9 Å². The van der Waals surface area contributed by atoms with E-state index in [1.54, 1.807) is 0 Å². The molecule has 0 aliphatic heterocycles. The first-order chi connectivity index (χ1) is 5.63. The molecule has 0 aromatic carbocycles. The summed E-state index contributed by atoms with van der Waals surface area (Å²) in [5.74, 6) is -0.00315. The molecule has 2 heteroatoms. The Balaban J connectivity index is 2.69. The highest BCUT2D eigenvalue weighted by atomic mass is 16.4. The van der Waals surface area contributed by atoms with Gasteiger partial charge in [-0.3, -0.25) is 4.79 Å². The van der Waals surface area contributed by atoms with Crippen molar-refractivity contribution in [3.05, 3.63) is 12.2 Å². The highest BCUT2D eigenvalue weighted by Gasteiger charge is 2.30. The molecule has 68 valence electrons. The summed E-state index contributed by atoms with van der Waals surface area (Å²) in [5.41, 5.74) is 0. The van der Waals surface area contributed by atoms with Crippen LogP contribution in [0.15, 0.2) is 12.2 Å². The lowest BCUT2D eigenvalue weighted by molar-refractivity contribution is -0.144. The van der Waals surface area contributed by atoms with E-state index in [0.717, 1.165) is 6.42 Å². The van der Waals surface area contributed by atoms with Crippen molar-refractivity contribution >= 4 is 5.97 Å². The fraction of sp³-hybridized carbons (Fsp3) is 0.700. The van der Waals surface area contributed by atoms with Gasteiger partial charge in [0.05, 0.1) is 5.92 Å². The van der Waals surface area contributed by atoms with Crippen molar-refractivity contribution < 1.29 is 9.90 Å². The first-order valence-electron chi connectivity index (χ1n) is 4.50. The minimum atomic E-state index is -0.641. The molecule has 0 bridgehead atoms. The average molecular weight is 168 g/mol. The molecule has 0 radical (unpaired) electrons. The zero-order chi connectivity index (χ0) is 9.14. The van der Waals surface area contributed by atoms with Gasteiger partial charge in [0.15, 0.2) is 0 Å². The maximum absolute atomic E-state index is 10.8. The molecule has 0 amide bonds. The minimum absolute atomic E-state index is 0.157. The van der Waals surface area contributed by atoms with E-state index >= 15 is 0 Å². The SMILES string of the molecule is CC(C)C1CC=CCC1C(=O)O. The summed E-state index contributed by atoms with van der Waals surface area (Å²) in [7, 11) is 0. The number of carboxylic acids is 1. The number of hydrogen-bond acceptors (Lipinski definition) is 1. The van der Waals surface area contributed by atoms with Crippen molar-refractivity contribution in [3.8, 4) is 0 Å². The Hall–Kier alpha value is -0.790. The van der Waals surface area contributed by atoms with Gasteiger partial charge in [0.2, 0.25) is 0 Å². The number of allylic oxidation sites excluding steroid dienone is 2. The zero-order valence-corrected chi connectivity index (χ0v) is 7.66. The van der Waals surface area contributed by atoms with Crippen molar-refractivity contribution in [2.24, 2.45) is 17.8 Å². The molecule has 1 aliphatic carbocycles. The topological polar surface area (TPSA) is 37.3 Å². The van der Waals surface area contributed by atoms with Gasteiger partial charge in [0, 0.05) is 0 Å². The fourth-order valence-electron chi connectivity index (χ4n) is 1.86. The Kier molecular flexibility index (Phi) is 2.90. The van der Waals surface area contributed by atoms with Gasteiger partial charge in [-0.2, -0.15) is 0 Å². The van der Waals surface area contributed by atoms with E-state index in [1.165, 1.54) is 0 Å². The van der Waals surface area contributed by atoms with Crippen molar-refractivity contribution in [2.75, 3.05) is 0 Å². The summed E-state index contributed by atoms with van der Waals surface area (Å²) < 4.78 is 0. The van der Waals surface area contributed by atoms with Crippen molar-refractivity contribution in [2.45, 2.75) is 26.7 Å². The largest absolute Gasteiger partial charge is 0.481 e. The van der Waals surface area contributed by atoms with Gasteiger partial charge in [0.1, 0.15) is 0 Å². The lowest BCUT2D eigenvalue weighted by Gasteiger charge is -2.28. The minimum Gasteiger partial charge on any atom is -0.481 e. The molecule has 0 heterocycles. The molecule has 0 fully saturated rings. The van der Waals surface area contributed by atoms with E-state index in [9.17, 15) is 4.79 Å². The number of rotatable bonds is 2. The van der Waals surface area contributed by atoms with Crippen LogP contribution in [-0.4, -0.2) is 11.1 Å². The van der Waals surface area contributed by atoms with Gasteiger partial charge in [-0.15, -0.1) is 0 Å². The van der Waals surface area contributed by atoms with E-state index in [4.69, 9.17) is 5.11 Å². The number of hydrogen-bond donors (Lipinski definition) is 1. The molecule has 1 rings (SSSR count). The second kappa shape index (κ2) is 3.74.